The Balaban J connectivity index is 0.975. The zero-order valence-electron chi connectivity index (χ0n) is 40.4. The van der Waals surface area contributed by atoms with E-state index in [1.165, 1.54) is 77.2 Å². The van der Waals surface area contributed by atoms with Crippen molar-refractivity contribution in [1.29, 1.82) is 0 Å². The van der Waals surface area contributed by atoms with Crippen LogP contribution in [0, 0.1) is 0 Å². The van der Waals surface area contributed by atoms with Crippen molar-refractivity contribution in [3.63, 3.8) is 0 Å². The maximum Gasteiger partial charge on any atom is 0.171 e. The van der Waals surface area contributed by atoms with Crippen LogP contribution in [-0.2, 0) is 10.8 Å². The molecule has 2 aromatic heterocycles. The Morgan fingerprint density at radius 3 is 1.25 bits per heavy atom. The van der Waals surface area contributed by atoms with Gasteiger partial charge in [-0.3, -0.25) is 9.59 Å². The minimum Gasteiger partial charge on any atom is -0.308 e. The van der Waals surface area contributed by atoms with Gasteiger partial charge in [-0.25, -0.2) is 0 Å². The topological polar surface area (TPSA) is 38.5 Å². The quantitative estimate of drug-likeness (QED) is 0.177. The van der Waals surface area contributed by atoms with Crippen LogP contribution in [0.2, 0.25) is 0 Å². The highest BCUT2D eigenvalue weighted by molar-refractivity contribution is 6.37. The molecule has 0 fully saturated rings. The van der Waals surface area contributed by atoms with Crippen LogP contribution in [0.3, 0.4) is 0 Å². The fraction of sp³-hybridized carbons (Fsp3) is 0.0833. The molecule has 0 amide bonds. The summed E-state index contributed by atoms with van der Waals surface area (Å²) in [4.78, 5) is 31.3. The molecule has 0 N–H and O–H groups in total. The molecule has 19 rings (SSSR count). The van der Waals surface area contributed by atoms with E-state index in [1.807, 2.05) is 0 Å². The number of nitrogens with zero attached hydrogens (tertiary/aromatic N) is 1. The zero-order chi connectivity index (χ0) is 48.8. The van der Waals surface area contributed by atoms with Crippen molar-refractivity contribution in [2.45, 2.75) is 34.5 Å². The van der Waals surface area contributed by atoms with Gasteiger partial charge in [-0.05, 0) is 130 Å². The van der Waals surface area contributed by atoms with Crippen molar-refractivity contribution in [2.75, 3.05) is 0 Å². The summed E-state index contributed by atoms with van der Waals surface area (Å²) in [6, 6.07) is 82.0. The first-order valence-corrected chi connectivity index (χ1v) is 26.5. The average Bonchev–Trinajstić information content (AvgIpc) is 3.96. The van der Waals surface area contributed by atoms with Crippen LogP contribution in [0.5, 0.6) is 0 Å². The number of aromatic nitrogens is 1. The summed E-state index contributed by atoms with van der Waals surface area (Å²) in [7, 11) is 0. The van der Waals surface area contributed by atoms with Crippen molar-refractivity contribution in [3.8, 4) is 33.4 Å². The first kappa shape index (κ1) is 39.4. The van der Waals surface area contributed by atoms with Gasteiger partial charge in [0.15, 0.2) is 11.6 Å². The molecule has 6 unspecified atom stereocenters. The molecule has 6 atom stereocenters. The second-order valence-electron chi connectivity index (χ2n) is 22.3. The van der Waals surface area contributed by atoms with E-state index >= 15 is 9.59 Å². The maximum atomic E-state index is 15.7. The number of ketones is 2. The Morgan fingerprint density at radius 1 is 0.307 bits per heavy atom. The van der Waals surface area contributed by atoms with Crippen LogP contribution in [0.4, 0.5) is 0 Å². The van der Waals surface area contributed by atoms with Crippen molar-refractivity contribution in [3.05, 3.63) is 291 Å². The predicted molar refractivity (Wildman–Crippen MR) is 300 cm³/mol. The third kappa shape index (κ3) is 4.20. The molecule has 75 heavy (non-hydrogen) atoms. The van der Waals surface area contributed by atoms with Gasteiger partial charge in [0.1, 0.15) is 0 Å². The van der Waals surface area contributed by atoms with E-state index in [0.29, 0.717) is 0 Å². The largest absolute Gasteiger partial charge is 0.308 e. The van der Waals surface area contributed by atoms with Crippen LogP contribution < -0.4 is 0 Å². The molecular formula is C72H41NO2. The number of hydrogen-bond acceptors (Lipinski definition) is 2. The van der Waals surface area contributed by atoms with Crippen LogP contribution in [0.1, 0.15) is 100 Å². The van der Waals surface area contributed by atoms with E-state index in [2.05, 4.69) is 229 Å². The van der Waals surface area contributed by atoms with E-state index in [4.69, 9.17) is 0 Å². The summed E-state index contributed by atoms with van der Waals surface area (Å²) in [5, 5.41) is 6.98. The Kier molecular flexibility index (Phi) is 6.89. The highest BCUT2D eigenvalue weighted by atomic mass is 16.1. The highest BCUT2D eigenvalue weighted by Gasteiger charge is 2.70. The summed E-state index contributed by atoms with van der Waals surface area (Å²) < 4.78 is 2.46. The van der Waals surface area contributed by atoms with Crippen LogP contribution in [0.25, 0.3) is 82.2 Å². The second-order valence-corrected chi connectivity index (χ2v) is 22.3. The standard InChI is InChI=1S/C72H41NO2/c74-69-51-36-59-53(34-49(51)64-44-23-9-13-27-55(44)71(64)57-29-15-11-25-46(57)66(69)71)62-43-32-31-40(42-22-8-7-21-41(42)38-17-3-1-4-18-38)33-48(43)61(39-19-5-2-6-20-39)63-54-35-50-52(37-60(54)73(59)68(62)63)70(75)67-47-26-12-16-30-58(47)72(67)56-28-14-10-24-45(56)65(50)72/h1-37,64-67H. The molecule has 0 saturated carbocycles. The fourth-order valence-electron chi connectivity index (χ4n) is 17.0. The number of carbonyl (C=O) groups is 2. The first-order valence-electron chi connectivity index (χ1n) is 26.5. The molecule has 3 nitrogen and oxygen atoms in total. The number of fused-ring (bicyclic) bond motifs is 20. The Bertz CT molecular complexity index is 4850. The molecule has 6 aliphatic carbocycles. The highest BCUT2D eigenvalue weighted by Crippen LogP contribution is 2.75. The lowest BCUT2D eigenvalue weighted by Crippen LogP contribution is -2.61. The zero-order valence-corrected chi connectivity index (χ0v) is 40.4. The molecule has 2 spiro atoms. The van der Waals surface area contributed by atoms with E-state index in [1.54, 1.807) is 0 Å². The molecule has 0 saturated heterocycles. The fourth-order valence-corrected chi connectivity index (χ4v) is 17.0. The van der Waals surface area contributed by atoms with Crippen LogP contribution >= 0.6 is 0 Å². The third-order valence-corrected chi connectivity index (χ3v) is 19.6. The summed E-state index contributed by atoms with van der Waals surface area (Å²) in [5.41, 5.74) is 23.4. The van der Waals surface area contributed by atoms with E-state index in [-0.39, 0.29) is 46.1 Å². The lowest BCUT2D eigenvalue weighted by Gasteiger charge is -2.64. The normalized spacial score (nSPS) is 22.6. The minimum atomic E-state index is -0.386. The van der Waals surface area contributed by atoms with E-state index < -0.39 is 0 Å². The van der Waals surface area contributed by atoms with Crippen molar-refractivity contribution < 1.29 is 9.59 Å². The summed E-state index contributed by atoms with van der Waals surface area (Å²) in [6.45, 7) is 0. The number of benzene rings is 11. The monoisotopic (exact) mass is 951 g/mol. The molecule has 0 bridgehead atoms. The number of hydrogen-bond donors (Lipinski definition) is 0. The van der Waals surface area contributed by atoms with Crippen LogP contribution in [-0.4, -0.2) is 16.0 Å². The number of rotatable bonds is 3. The summed E-state index contributed by atoms with van der Waals surface area (Å²) in [6.07, 6.45) is 0. The van der Waals surface area contributed by atoms with E-state index in [9.17, 15) is 0 Å². The Hall–Kier alpha value is -9.18. The van der Waals surface area contributed by atoms with Gasteiger partial charge in [0, 0.05) is 55.3 Å². The van der Waals surface area contributed by atoms with Gasteiger partial charge in [-0.1, -0.05) is 194 Å². The molecule has 346 valence electrons. The summed E-state index contributed by atoms with van der Waals surface area (Å²) in [5.74, 6) is 0.00901. The SMILES string of the molecule is O=C1c2cc3c(cc2C2c4ccccc4C24c2ccccc2C14)c1c(-c2ccccc2)c2cc(-c4ccccc4-c4ccccc4)ccc2c2c4cc5c(cc4n3c12)C(=O)C1c2ccccc2C12c1ccccc1C52. The number of Topliss-reactive ketones (excluding diaryl/α,β-unsaturated/α-hetero) is 2. The molecule has 6 aliphatic rings. The number of carbonyl (C=O) groups excluding carboxylic acids is 2. The molecule has 3 heteroatoms. The molecule has 13 aromatic rings. The van der Waals surface area contributed by atoms with Gasteiger partial charge in [0.05, 0.1) is 28.4 Å². The minimum absolute atomic E-state index is 0.0427. The smallest absolute Gasteiger partial charge is 0.171 e. The average molecular weight is 952 g/mol. The second kappa shape index (κ2) is 13.1. The van der Waals surface area contributed by atoms with Crippen molar-refractivity contribution in [1.82, 2.24) is 4.40 Å². The van der Waals surface area contributed by atoms with Gasteiger partial charge in [0.25, 0.3) is 0 Å². The van der Waals surface area contributed by atoms with E-state index in [0.717, 1.165) is 71.8 Å². The van der Waals surface area contributed by atoms with Crippen molar-refractivity contribution >= 4 is 60.4 Å². The maximum absolute atomic E-state index is 15.7. The lowest BCUT2D eigenvalue weighted by molar-refractivity contribution is 0.0839. The molecule has 2 heterocycles. The third-order valence-electron chi connectivity index (χ3n) is 19.6. The van der Waals surface area contributed by atoms with Gasteiger partial charge >= 0.3 is 0 Å². The molecule has 0 aliphatic heterocycles. The molecule has 11 aromatic carbocycles. The Labute approximate surface area is 431 Å². The molecule has 0 radical (unpaired) electrons. The van der Waals surface area contributed by atoms with Gasteiger partial charge in [-0.15, -0.1) is 0 Å². The first-order chi connectivity index (χ1) is 37.1. The predicted octanol–water partition coefficient (Wildman–Crippen LogP) is 16.4. The van der Waals surface area contributed by atoms with Crippen molar-refractivity contribution in [2.24, 2.45) is 0 Å². The van der Waals surface area contributed by atoms with Gasteiger partial charge in [-0.2, -0.15) is 0 Å². The Morgan fingerprint density at radius 2 is 0.733 bits per heavy atom. The van der Waals surface area contributed by atoms with Crippen LogP contribution in [0.15, 0.2) is 224 Å². The van der Waals surface area contributed by atoms with Gasteiger partial charge in [0.2, 0.25) is 0 Å². The van der Waals surface area contributed by atoms with Gasteiger partial charge < -0.3 is 4.40 Å². The lowest BCUT2D eigenvalue weighted by atomic mass is 9.36. The molecular weight excluding hydrogens is 911 g/mol. The summed E-state index contributed by atoms with van der Waals surface area (Å²) >= 11 is 0.